The van der Waals surface area contributed by atoms with Gasteiger partial charge in [0.15, 0.2) is 0 Å². The third-order valence-corrected chi connectivity index (χ3v) is 6.98. The minimum absolute atomic E-state index is 0.00416. The summed E-state index contributed by atoms with van der Waals surface area (Å²) < 4.78 is 26.8. The topological polar surface area (TPSA) is 69.7 Å². The van der Waals surface area contributed by atoms with Crippen molar-refractivity contribution in [3.8, 4) is 0 Å². The number of carbonyl (C=O) groups excluding carboxylic acids is 1. The van der Waals surface area contributed by atoms with Crippen molar-refractivity contribution in [2.45, 2.75) is 37.0 Å². The molecule has 0 unspecified atom stereocenters. The third kappa shape index (κ3) is 4.40. The van der Waals surface area contributed by atoms with E-state index in [0.717, 1.165) is 45.2 Å². The minimum Gasteiger partial charge on any atom is -0.326 e. The summed E-state index contributed by atoms with van der Waals surface area (Å²) in [6, 6.07) is 6.54. The van der Waals surface area contributed by atoms with Gasteiger partial charge in [-0.05, 0) is 63.5 Å². The zero-order valence-electron chi connectivity index (χ0n) is 14.8. The second-order valence-corrected chi connectivity index (χ2v) is 9.02. The van der Waals surface area contributed by atoms with E-state index in [4.69, 9.17) is 0 Å². The molecule has 3 rings (SSSR count). The molecule has 2 fully saturated rings. The fourth-order valence-electron chi connectivity index (χ4n) is 3.59. The number of benzene rings is 1. The molecule has 7 heteroatoms. The Bertz CT molecular complexity index is 697. The number of rotatable bonds is 4. The van der Waals surface area contributed by atoms with E-state index in [1.54, 1.807) is 28.6 Å². The van der Waals surface area contributed by atoms with Crippen LogP contribution in [0.1, 0.15) is 32.1 Å². The largest absolute Gasteiger partial charge is 0.326 e. The Balaban J connectivity index is 1.64. The zero-order chi connectivity index (χ0) is 17.9. The smallest absolute Gasteiger partial charge is 0.243 e. The molecule has 0 radical (unpaired) electrons. The van der Waals surface area contributed by atoms with Gasteiger partial charge in [0.2, 0.25) is 15.9 Å². The summed E-state index contributed by atoms with van der Waals surface area (Å²) in [7, 11) is -1.39. The van der Waals surface area contributed by atoms with Crippen molar-refractivity contribution in [2.24, 2.45) is 5.92 Å². The molecule has 1 aromatic rings. The fraction of sp³-hybridized carbons (Fsp3) is 0.611. The summed E-state index contributed by atoms with van der Waals surface area (Å²) in [5.74, 6) is 0.00805. The number of likely N-dealkylation sites (tertiary alicyclic amines) is 1. The number of nitrogens with zero attached hydrogens (tertiary/aromatic N) is 2. The van der Waals surface area contributed by atoms with Gasteiger partial charge < -0.3 is 10.2 Å². The molecule has 1 aromatic carbocycles. The molecular weight excluding hydrogens is 338 g/mol. The van der Waals surface area contributed by atoms with Crippen molar-refractivity contribution in [2.75, 3.05) is 38.5 Å². The molecule has 0 spiro atoms. The van der Waals surface area contributed by atoms with E-state index < -0.39 is 10.0 Å². The number of carbonyl (C=O) groups is 1. The summed E-state index contributed by atoms with van der Waals surface area (Å²) >= 11 is 0. The number of hydrogen-bond donors (Lipinski definition) is 1. The molecule has 1 atom stereocenters. The normalized spacial score (nSPS) is 23.3. The van der Waals surface area contributed by atoms with Crippen LogP contribution in [0.4, 0.5) is 5.69 Å². The molecular formula is C18H27N3O3S. The molecule has 25 heavy (non-hydrogen) atoms. The highest BCUT2D eigenvalue weighted by Gasteiger charge is 2.26. The first-order chi connectivity index (χ1) is 12.0. The van der Waals surface area contributed by atoms with Gasteiger partial charge in [0, 0.05) is 25.3 Å². The van der Waals surface area contributed by atoms with Crippen molar-refractivity contribution in [3.63, 3.8) is 0 Å². The molecule has 1 amide bonds. The minimum atomic E-state index is -3.42. The van der Waals surface area contributed by atoms with Gasteiger partial charge in [-0.1, -0.05) is 6.42 Å². The van der Waals surface area contributed by atoms with Crippen LogP contribution in [0.25, 0.3) is 0 Å². The number of amides is 1. The predicted molar refractivity (Wildman–Crippen MR) is 97.9 cm³/mol. The number of piperidine rings is 2. The molecule has 0 aromatic heterocycles. The fourth-order valence-corrected chi connectivity index (χ4v) is 5.11. The van der Waals surface area contributed by atoms with Crippen molar-refractivity contribution in [1.82, 2.24) is 9.21 Å². The molecule has 2 saturated heterocycles. The van der Waals surface area contributed by atoms with Crippen LogP contribution in [0.5, 0.6) is 0 Å². The van der Waals surface area contributed by atoms with Gasteiger partial charge in [-0.2, -0.15) is 4.31 Å². The second-order valence-electron chi connectivity index (χ2n) is 7.08. The Hall–Kier alpha value is -1.44. The van der Waals surface area contributed by atoms with Crippen LogP contribution in [0, 0.1) is 5.92 Å². The maximum absolute atomic E-state index is 12.6. The van der Waals surface area contributed by atoms with Crippen LogP contribution in [0.3, 0.4) is 0 Å². The van der Waals surface area contributed by atoms with E-state index in [1.807, 2.05) is 7.05 Å². The van der Waals surface area contributed by atoms with Crippen molar-refractivity contribution in [1.29, 1.82) is 0 Å². The lowest BCUT2D eigenvalue weighted by Crippen LogP contribution is -2.38. The summed E-state index contributed by atoms with van der Waals surface area (Å²) in [6.07, 6.45) is 4.86. The van der Waals surface area contributed by atoms with E-state index >= 15 is 0 Å². The van der Waals surface area contributed by atoms with E-state index in [0.29, 0.717) is 23.7 Å². The quantitative estimate of drug-likeness (QED) is 0.888. The molecule has 6 nitrogen and oxygen atoms in total. The van der Waals surface area contributed by atoms with Gasteiger partial charge in [0.1, 0.15) is 0 Å². The van der Waals surface area contributed by atoms with E-state index in [9.17, 15) is 13.2 Å². The summed E-state index contributed by atoms with van der Waals surface area (Å²) in [6.45, 7) is 2.99. The molecule has 1 N–H and O–H groups in total. The zero-order valence-corrected chi connectivity index (χ0v) is 15.6. The Kier molecular flexibility index (Phi) is 5.76. The second kappa shape index (κ2) is 7.85. The molecule has 0 saturated carbocycles. The molecule has 2 aliphatic heterocycles. The van der Waals surface area contributed by atoms with Crippen LogP contribution in [0.15, 0.2) is 29.2 Å². The summed E-state index contributed by atoms with van der Waals surface area (Å²) in [5, 5.41) is 2.92. The Labute approximate surface area is 150 Å². The molecule has 2 aliphatic rings. The van der Waals surface area contributed by atoms with Crippen LogP contribution in [-0.2, 0) is 14.8 Å². The van der Waals surface area contributed by atoms with Gasteiger partial charge in [-0.25, -0.2) is 8.42 Å². The third-order valence-electron chi connectivity index (χ3n) is 5.07. The maximum Gasteiger partial charge on any atom is 0.243 e. The SMILES string of the molecule is CN1CCC[C@@H](C(=O)Nc2ccc(S(=O)(=O)N3CCCCC3)cc2)C1. The first-order valence-corrected chi connectivity index (χ1v) is 10.5. The molecule has 2 heterocycles. The highest BCUT2D eigenvalue weighted by molar-refractivity contribution is 7.89. The van der Waals surface area contributed by atoms with Gasteiger partial charge in [-0.3, -0.25) is 4.79 Å². The number of sulfonamides is 1. The van der Waals surface area contributed by atoms with Gasteiger partial charge in [0.05, 0.1) is 10.8 Å². The Morgan fingerprint density at radius 3 is 2.36 bits per heavy atom. The standard InChI is InChI=1S/C18H27N3O3S/c1-20-11-5-6-15(14-20)18(22)19-16-7-9-17(10-8-16)25(23,24)21-12-3-2-4-13-21/h7-10,15H,2-6,11-14H2,1H3,(H,19,22)/t15-/m1/s1. The van der Waals surface area contributed by atoms with Gasteiger partial charge in [-0.15, -0.1) is 0 Å². The monoisotopic (exact) mass is 365 g/mol. The lowest BCUT2D eigenvalue weighted by Gasteiger charge is -2.28. The van der Waals surface area contributed by atoms with Crippen LogP contribution < -0.4 is 5.32 Å². The number of hydrogen-bond acceptors (Lipinski definition) is 4. The van der Waals surface area contributed by atoms with E-state index in [-0.39, 0.29) is 11.8 Å². The Morgan fingerprint density at radius 1 is 1.04 bits per heavy atom. The summed E-state index contributed by atoms with van der Waals surface area (Å²) in [4.78, 5) is 14.8. The number of anilines is 1. The van der Waals surface area contributed by atoms with Crippen molar-refractivity contribution < 1.29 is 13.2 Å². The summed E-state index contributed by atoms with van der Waals surface area (Å²) in [5.41, 5.74) is 0.649. The average molecular weight is 365 g/mol. The lowest BCUT2D eigenvalue weighted by atomic mass is 9.97. The molecule has 138 valence electrons. The molecule has 0 bridgehead atoms. The first kappa shape index (κ1) is 18.4. The van der Waals surface area contributed by atoms with E-state index in [1.165, 1.54) is 0 Å². The van der Waals surface area contributed by atoms with Gasteiger partial charge >= 0.3 is 0 Å². The first-order valence-electron chi connectivity index (χ1n) is 9.06. The average Bonchev–Trinajstić information content (AvgIpc) is 2.63. The Morgan fingerprint density at radius 2 is 1.72 bits per heavy atom. The molecule has 0 aliphatic carbocycles. The van der Waals surface area contributed by atoms with Crippen molar-refractivity contribution in [3.05, 3.63) is 24.3 Å². The highest BCUT2D eigenvalue weighted by Crippen LogP contribution is 2.23. The number of nitrogens with one attached hydrogen (secondary N) is 1. The maximum atomic E-state index is 12.6. The highest BCUT2D eigenvalue weighted by atomic mass is 32.2. The predicted octanol–water partition coefficient (Wildman–Crippen LogP) is 2.14. The lowest BCUT2D eigenvalue weighted by molar-refractivity contribution is -0.121. The van der Waals surface area contributed by atoms with Crippen molar-refractivity contribution >= 4 is 21.6 Å². The van der Waals surface area contributed by atoms with E-state index in [2.05, 4.69) is 10.2 Å². The van der Waals surface area contributed by atoms with Crippen LogP contribution in [-0.4, -0.2) is 56.8 Å². The van der Waals surface area contributed by atoms with Crippen LogP contribution >= 0.6 is 0 Å². The van der Waals surface area contributed by atoms with Crippen LogP contribution in [0.2, 0.25) is 0 Å². The van der Waals surface area contributed by atoms with Gasteiger partial charge in [0.25, 0.3) is 0 Å².